The Morgan fingerprint density at radius 3 is 2.63 bits per heavy atom. The first kappa shape index (κ1) is 13.9. The molecule has 0 aromatic carbocycles. The summed E-state index contributed by atoms with van der Waals surface area (Å²) >= 11 is 0. The molecule has 1 N–H and O–H groups in total. The maximum Gasteiger partial charge on any atom is 0.0587 e. The summed E-state index contributed by atoms with van der Waals surface area (Å²) in [5.74, 6) is 0.941. The van der Waals surface area contributed by atoms with Crippen LogP contribution in [0.1, 0.15) is 66.2 Å². The Bertz CT molecular complexity index is 335. The third kappa shape index (κ3) is 2.25. The Morgan fingerprint density at radius 2 is 2.00 bits per heavy atom. The molecule has 0 aromatic rings. The normalized spacial score (nSPS) is 48.6. The summed E-state index contributed by atoms with van der Waals surface area (Å²) in [6.45, 7) is 10.7. The van der Waals surface area contributed by atoms with Gasteiger partial charge in [-0.2, -0.15) is 0 Å². The van der Waals surface area contributed by atoms with Gasteiger partial charge in [-0.1, -0.05) is 27.7 Å². The molecule has 5 atom stereocenters. The van der Waals surface area contributed by atoms with Crippen molar-refractivity contribution >= 4 is 0 Å². The quantitative estimate of drug-likeness (QED) is 0.839. The Labute approximate surface area is 118 Å². The molecule has 0 radical (unpaired) electrons. The highest BCUT2D eigenvalue weighted by molar-refractivity contribution is 5.12. The van der Waals surface area contributed by atoms with Crippen LogP contribution in [0.5, 0.6) is 0 Å². The summed E-state index contributed by atoms with van der Waals surface area (Å²) in [6.07, 6.45) is 8.38. The van der Waals surface area contributed by atoms with Crippen molar-refractivity contribution in [3.63, 3.8) is 0 Å². The van der Waals surface area contributed by atoms with Gasteiger partial charge in [0.1, 0.15) is 0 Å². The summed E-state index contributed by atoms with van der Waals surface area (Å²) in [5, 5.41) is 4.06. The summed E-state index contributed by atoms with van der Waals surface area (Å²) in [7, 11) is 0. The van der Waals surface area contributed by atoms with E-state index in [1.807, 2.05) is 0 Å². The minimum absolute atomic E-state index is 0.479. The molecule has 5 unspecified atom stereocenters. The Hall–Kier alpha value is -0.0800. The van der Waals surface area contributed by atoms with Crippen LogP contribution >= 0.6 is 0 Å². The van der Waals surface area contributed by atoms with Gasteiger partial charge >= 0.3 is 0 Å². The van der Waals surface area contributed by atoms with Crippen LogP contribution in [0.4, 0.5) is 0 Å². The zero-order chi connectivity index (χ0) is 13.7. The van der Waals surface area contributed by atoms with Gasteiger partial charge in [-0.25, -0.2) is 0 Å². The minimum atomic E-state index is 0.479. The first-order valence-electron chi connectivity index (χ1n) is 8.33. The highest BCUT2D eigenvalue weighted by Gasteiger charge is 2.59. The van der Waals surface area contributed by atoms with Crippen LogP contribution in [0, 0.1) is 16.7 Å². The molecule has 0 spiro atoms. The highest BCUT2D eigenvalue weighted by atomic mass is 16.5. The molecule has 3 fully saturated rings. The van der Waals surface area contributed by atoms with Gasteiger partial charge in [0, 0.05) is 18.7 Å². The molecule has 2 bridgehead atoms. The summed E-state index contributed by atoms with van der Waals surface area (Å²) in [6, 6.07) is 1.39. The smallest absolute Gasteiger partial charge is 0.0587 e. The molecule has 0 amide bonds. The van der Waals surface area contributed by atoms with Crippen molar-refractivity contribution < 1.29 is 4.74 Å². The number of rotatable bonds is 3. The van der Waals surface area contributed by atoms with Crippen molar-refractivity contribution in [3.05, 3.63) is 0 Å². The lowest BCUT2D eigenvalue weighted by Gasteiger charge is -2.46. The van der Waals surface area contributed by atoms with E-state index < -0.39 is 0 Å². The molecule has 1 saturated heterocycles. The highest BCUT2D eigenvalue weighted by Crippen LogP contribution is 2.62. The molecule has 1 heterocycles. The average molecular weight is 265 g/mol. The Balaban J connectivity index is 1.69. The lowest BCUT2D eigenvalue weighted by atomic mass is 9.68. The van der Waals surface area contributed by atoms with Gasteiger partial charge in [-0.15, -0.1) is 0 Å². The Kier molecular flexibility index (Phi) is 3.46. The fourth-order valence-electron chi connectivity index (χ4n) is 5.27. The first-order chi connectivity index (χ1) is 8.95. The maximum atomic E-state index is 5.82. The van der Waals surface area contributed by atoms with Gasteiger partial charge in [0.25, 0.3) is 0 Å². The van der Waals surface area contributed by atoms with Crippen LogP contribution in [-0.2, 0) is 4.74 Å². The lowest BCUT2D eigenvalue weighted by molar-refractivity contribution is -0.0120. The molecule has 1 aliphatic heterocycles. The molecule has 19 heavy (non-hydrogen) atoms. The minimum Gasteiger partial charge on any atom is -0.378 e. The molecule has 2 aliphatic carbocycles. The Morgan fingerprint density at radius 1 is 1.21 bits per heavy atom. The van der Waals surface area contributed by atoms with Gasteiger partial charge in [0.05, 0.1) is 6.10 Å². The number of nitrogens with one attached hydrogen (secondary N) is 1. The van der Waals surface area contributed by atoms with Gasteiger partial charge in [0.15, 0.2) is 0 Å². The molecule has 0 aromatic heterocycles. The topological polar surface area (TPSA) is 21.3 Å². The monoisotopic (exact) mass is 265 g/mol. The summed E-state index contributed by atoms with van der Waals surface area (Å²) < 4.78 is 5.82. The van der Waals surface area contributed by atoms with Crippen molar-refractivity contribution in [2.75, 3.05) is 6.61 Å². The van der Waals surface area contributed by atoms with Crippen molar-refractivity contribution in [2.24, 2.45) is 16.7 Å². The zero-order valence-electron chi connectivity index (χ0n) is 13.2. The van der Waals surface area contributed by atoms with Gasteiger partial charge in [-0.3, -0.25) is 0 Å². The number of hydrogen-bond acceptors (Lipinski definition) is 2. The van der Waals surface area contributed by atoms with Gasteiger partial charge < -0.3 is 10.1 Å². The molecular formula is C17H31NO. The summed E-state index contributed by atoms with van der Waals surface area (Å²) in [4.78, 5) is 0. The fraction of sp³-hybridized carbons (Fsp3) is 1.00. The number of fused-ring (bicyclic) bond motifs is 2. The molecule has 2 nitrogen and oxygen atoms in total. The van der Waals surface area contributed by atoms with Crippen LogP contribution in [0.2, 0.25) is 0 Å². The number of ether oxygens (including phenoxy) is 1. The van der Waals surface area contributed by atoms with Crippen molar-refractivity contribution in [3.8, 4) is 0 Å². The van der Waals surface area contributed by atoms with Gasteiger partial charge in [-0.05, 0) is 55.3 Å². The fourth-order valence-corrected chi connectivity index (χ4v) is 5.27. The van der Waals surface area contributed by atoms with Gasteiger partial charge in [0.2, 0.25) is 0 Å². The van der Waals surface area contributed by atoms with E-state index in [9.17, 15) is 0 Å². The lowest BCUT2D eigenvalue weighted by Crippen LogP contribution is -2.55. The van der Waals surface area contributed by atoms with Crippen LogP contribution in [0.15, 0.2) is 0 Å². The third-order valence-electron chi connectivity index (χ3n) is 6.49. The average Bonchev–Trinajstić information content (AvgIpc) is 2.86. The van der Waals surface area contributed by atoms with E-state index in [0.717, 1.165) is 18.9 Å². The number of hydrogen-bond donors (Lipinski definition) is 1. The SMILES string of the molecule is CCC1CC(NC2C3(C)CCC(C3)C2(C)C)CCO1. The largest absolute Gasteiger partial charge is 0.378 e. The molecule has 2 saturated carbocycles. The van der Waals surface area contributed by atoms with E-state index in [1.165, 1.54) is 32.1 Å². The predicted octanol–water partition coefficient (Wildman–Crippen LogP) is 3.75. The van der Waals surface area contributed by atoms with Crippen LogP contribution in [0.25, 0.3) is 0 Å². The van der Waals surface area contributed by atoms with E-state index in [0.29, 0.717) is 29.0 Å². The predicted molar refractivity (Wildman–Crippen MR) is 79.2 cm³/mol. The van der Waals surface area contributed by atoms with E-state index in [-0.39, 0.29) is 0 Å². The third-order valence-corrected chi connectivity index (χ3v) is 6.49. The maximum absolute atomic E-state index is 5.82. The van der Waals surface area contributed by atoms with E-state index in [1.54, 1.807) is 0 Å². The zero-order valence-corrected chi connectivity index (χ0v) is 13.2. The van der Waals surface area contributed by atoms with Crippen LogP contribution in [0.3, 0.4) is 0 Å². The van der Waals surface area contributed by atoms with E-state index in [2.05, 4.69) is 33.0 Å². The van der Waals surface area contributed by atoms with E-state index in [4.69, 9.17) is 4.74 Å². The van der Waals surface area contributed by atoms with Crippen molar-refractivity contribution in [1.82, 2.24) is 5.32 Å². The standard InChI is InChI=1S/C17H31NO/c1-5-14-10-13(7-9-19-14)18-15-16(2,3)12-6-8-17(15,4)11-12/h12-15,18H,5-11H2,1-4H3. The molecule has 3 aliphatic rings. The van der Waals surface area contributed by atoms with E-state index >= 15 is 0 Å². The molecule has 2 heteroatoms. The first-order valence-corrected chi connectivity index (χ1v) is 8.33. The molecular weight excluding hydrogens is 234 g/mol. The second-order valence-corrected chi connectivity index (χ2v) is 8.14. The molecule has 110 valence electrons. The van der Waals surface area contributed by atoms with Crippen LogP contribution < -0.4 is 5.32 Å². The second-order valence-electron chi connectivity index (χ2n) is 8.14. The van der Waals surface area contributed by atoms with Crippen molar-refractivity contribution in [1.29, 1.82) is 0 Å². The molecule has 3 rings (SSSR count). The van der Waals surface area contributed by atoms with Crippen molar-refractivity contribution in [2.45, 2.75) is 84.4 Å². The second kappa shape index (κ2) is 4.73. The summed E-state index contributed by atoms with van der Waals surface area (Å²) in [5.41, 5.74) is 1.03. The van der Waals surface area contributed by atoms with Crippen LogP contribution in [-0.4, -0.2) is 24.8 Å².